The van der Waals surface area contributed by atoms with E-state index in [1.165, 1.54) is 0 Å². The lowest BCUT2D eigenvalue weighted by atomic mass is 10.0. The van der Waals surface area contributed by atoms with Crippen LogP contribution < -0.4 is 5.32 Å². The van der Waals surface area contributed by atoms with Gasteiger partial charge in [0.2, 0.25) is 11.8 Å². The summed E-state index contributed by atoms with van der Waals surface area (Å²) < 4.78 is 5.40. The van der Waals surface area contributed by atoms with Crippen molar-refractivity contribution < 1.29 is 4.42 Å². The molecule has 1 unspecified atom stereocenters. The van der Waals surface area contributed by atoms with Crippen molar-refractivity contribution in [2.24, 2.45) is 0 Å². The van der Waals surface area contributed by atoms with Gasteiger partial charge in [0.1, 0.15) is 0 Å². The molecule has 0 saturated heterocycles. The van der Waals surface area contributed by atoms with Gasteiger partial charge in [-0.05, 0) is 29.8 Å². The molecular formula is C16H15ClN4O. The Hall–Kier alpha value is -2.24. The minimum atomic E-state index is -0.105. The lowest BCUT2D eigenvalue weighted by molar-refractivity contribution is 0.434. The molecule has 0 saturated carbocycles. The fourth-order valence-electron chi connectivity index (χ4n) is 2.22. The topological polar surface area (TPSA) is 63.8 Å². The van der Waals surface area contributed by atoms with Crippen molar-refractivity contribution in [2.75, 3.05) is 0 Å². The molecule has 3 rings (SSSR count). The molecular weight excluding hydrogens is 300 g/mol. The van der Waals surface area contributed by atoms with Gasteiger partial charge >= 0.3 is 0 Å². The van der Waals surface area contributed by atoms with Crippen molar-refractivity contribution in [2.45, 2.75) is 19.5 Å². The van der Waals surface area contributed by atoms with Crippen LogP contribution in [0, 0.1) is 6.92 Å². The van der Waals surface area contributed by atoms with Crippen molar-refractivity contribution >= 4 is 11.6 Å². The summed E-state index contributed by atoms with van der Waals surface area (Å²) in [5, 5.41) is 11.9. The molecule has 1 aromatic carbocycles. The van der Waals surface area contributed by atoms with Crippen molar-refractivity contribution in [3.8, 4) is 0 Å². The summed E-state index contributed by atoms with van der Waals surface area (Å²) >= 11 is 6.11. The maximum absolute atomic E-state index is 6.11. The third kappa shape index (κ3) is 3.50. The van der Waals surface area contributed by atoms with E-state index in [4.69, 9.17) is 16.0 Å². The first-order valence-electron chi connectivity index (χ1n) is 6.91. The van der Waals surface area contributed by atoms with E-state index in [0.717, 1.165) is 11.3 Å². The van der Waals surface area contributed by atoms with Crippen molar-refractivity contribution in [3.05, 3.63) is 76.7 Å². The van der Waals surface area contributed by atoms with E-state index < -0.39 is 0 Å². The van der Waals surface area contributed by atoms with Gasteiger partial charge in [-0.3, -0.25) is 10.3 Å². The average molecular weight is 315 g/mol. The molecule has 0 aliphatic carbocycles. The fourth-order valence-corrected chi connectivity index (χ4v) is 2.42. The van der Waals surface area contributed by atoms with Gasteiger partial charge in [-0.2, -0.15) is 0 Å². The normalized spacial score (nSPS) is 12.3. The number of pyridine rings is 1. The van der Waals surface area contributed by atoms with Crippen LogP contribution in [0.5, 0.6) is 0 Å². The molecule has 1 atom stereocenters. The number of benzene rings is 1. The highest BCUT2D eigenvalue weighted by Gasteiger charge is 2.16. The Morgan fingerprint density at radius 1 is 1.18 bits per heavy atom. The van der Waals surface area contributed by atoms with E-state index in [0.29, 0.717) is 23.3 Å². The molecule has 0 aliphatic heterocycles. The summed E-state index contributed by atoms with van der Waals surface area (Å²) in [4.78, 5) is 4.43. The quantitative estimate of drug-likeness (QED) is 0.782. The first-order valence-corrected chi connectivity index (χ1v) is 7.29. The molecule has 0 aliphatic rings. The van der Waals surface area contributed by atoms with Crippen LogP contribution in [-0.4, -0.2) is 15.2 Å². The van der Waals surface area contributed by atoms with E-state index in [2.05, 4.69) is 20.5 Å². The number of nitrogens with zero attached hydrogens (tertiary/aromatic N) is 3. The van der Waals surface area contributed by atoms with Crippen LogP contribution in [0.15, 0.2) is 53.1 Å². The molecule has 22 heavy (non-hydrogen) atoms. The second-order valence-corrected chi connectivity index (χ2v) is 5.27. The standard InChI is InChI=1S/C16H15ClN4O/c1-11-20-21-15(22-11)10-19-16(14-7-2-3-8-18-14)12-5-4-6-13(17)9-12/h2-9,16,19H,10H2,1H3. The van der Waals surface area contributed by atoms with Gasteiger partial charge in [-0.25, -0.2) is 0 Å². The predicted octanol–water partition coefficient (Wildman–Crippen LogP) is 3.31. The first-order chi connectivity index (χ1) is 10.7. The third-order valence-corrected chi connectivity index (χ3v) is 3.43. The highest BCUT2D eigenvalue weighted by molar-refractivity contribution is 6.30. The summed E-state index contributed by atoms with van der Waals surface area (Å²) in [6, 6.07) is 13.4. The smallest absolute Gasteiger partial charge is 0.230 e. The van der Waals surface area contributed by atoms with Crippen LogP contribution in [0.4, 0.5) is 0 Å². The number of hydrogen-bond acceptors (Lipinski definition) is 5. The minimum absolute atomic E-state index is 0.105. The molecule has 0 radical (unpaired) electrons. The Morgan fingerprint density at radius 3 is 2.77 bits per heavy atom. The number of aromatic nitrogens is 3. The third-order valence-electron chi connectivity index (χ3n) is 3.19. The number of nitrogens with one attached hydrogen (secondary N) is 1. The highest BCUT2D eigenvalue weighted by atomic mass is 35.5. The first kappa shape index (κ1) is 14.7. The van der Waals surface area contributed by atoms with E-state index in [-0.39, 0.29) is 6.04 Å². The summed E-state index contributed by atoms with van der Waals surface area (Å²) in [7, 11) is 0. The van der Waals surface area contributed by atoms with Crippen molar-refractivity contribution in [1.29, 1.82) is 0 Å². The van der Waals surface area contributed by atoms with Crippen molar-refractivity contribution in [1.82, 2.24) is 20.5 Å². The summed E-state index contributed by atoms with van der Waals surface area (Å²) in [6.45, 7) is 2.22. The molecule has 2 aromatic heterocycles. The van der Waals surface area contributed by atoms with Crippen molar-refractivity contribution in [3.63, 3.8) is 0 Å². The monoisotopic (exact) mass is 314 g/mol. The zero-order valence-electron chi connectivity index (χ0n) is 12.0. The van der Waals surface area contributed by atoms with Crippen LogP contribution in [0.3, 0.4) is 0 Å². The van der Waals surface area contributed by atoms with Crippen LogP contribution in [0.2, 0.25) is 5.02 Å². The molecule has 1 N–H and O–H groups in total. The zero-order valence-corrected chi connectivity index (χ0v) is 12.8. The van der Waals surface area contributed by atoms with Gasteiger partial charge in [0, 0.05) is 18.1 Å². The Bertz CT molecular complexity index is 745. The molecule has 6 heteroatoms. The minimum Gasteiger partial charge on any atom is -0.424 e. The highest BCUT2D eigenvalue weighted by Crippen LogP contribution is 2.23. The predicted molar refractivity (Wildman–Crippen MR) is 83.4 cm³/mol. The van der Waals surface area contributed by atoms with Gasteiger partial charge in [0.15, 0.2) is 0 Å². The SMILES string of the molecule is Cc1nnc(CNC(c2cccc(Cl)c2)c2ccccn2)o1. The van der Waals surface area contributed by atoms with E-state index in [1.807, 2.05) is 42.5 Å². The lowest BCUT2D eigenvalue weighted by Crippen LogP contribution is -2.23. The Labute approximate surface area is 133 Å². The van der Waals surface area contributed by atoms with Gasteiger partial charge in [0.25, 0.3) is 0 Å². The maximum Gasteiger partial charge on any atom is 0.230 e. The molecule has 0 spiro atoms. The summed E-state index contributed by atoms with van der Waals surface area (Å²) in [5.74, 6) is 1.09. The van der Waals surface area contributed by atoms with Gasteiger partial charge in [0.05, 0.1) is 18.3 Å². The Morgan fingerprint density at radius 2 is 2.09 bits per heavy atom. The second-order valence-electron chi connectivity index (χ2n) is 4.84. The lowest BCUT2D eigenvalue weighted by Gasteiger charge is -2.18. The number of rotatable bonds is 5. The number of aryl methyl sites for hydroxylation is 1. The van der Waals surface area contributed by atoms with Crippen LogP contribution >= 0.6 is 11.6 Å². The van der Waals surface area contributed by atoms with E-state index in [9.17, 15) is 0 Å². The fraction of sp³-hybridized carbons (Fsp3) is 0.188. The van der Waals surface area contributed by atoms with Crippen LogP contribution in [0.25, 0.3) is 0 Å². The van der Waals surface area contributed by atoms with Crippen LogP contribution in [-0.2, 0) is 6.54 Å². The van der Waals surface area contributed by atoms with E-state index >= 15 is 0 Å². The largest absolute Gasteiger partial charge is 0.424 e. The van der Waals surface area contributed by atoms with Gasteiger partial charge < -0.3 is 4.42 Å². The van der Waals surface area contributed by atoms with Gasteiger partial charge in [-0.1, -0.05) is 29.8 Å². The molecule has 0 bridgehead atoms. The average Bonchev–Trinajstić information content (AvgIpc) is 2.94. The molecule has 112 valence electrons. The maximum atomic E-state index is 6.11. The summed E-state index contributed by atoms with van der Waals surface area (Å²) in [6.07, 6.45) is 1.77. The molecule has 0 fully saturated rings. The number of halogens is 1. The second kappa shape index (κ2) is 6.68. The molecule has 3 aromatic rings. The molecule has 0 amide bonds. The molecule has 5 nitrogen and oxygen atoms in total. The Kier molecular flexibility index (Phi) is 4.46. The number of hydrogen-bond donors (Lipinski definition) is 1. The zero-order chi connectivity index (χ0) is 15.4. The van der Waals surface area contributed by atoms with Crippen LogP contribution in [0.1, 0.15) is 29.1 Å². The Balaban J connectivity index is 1.86. The van der Waals surface area contributed by atoms with Gasteiger partial charge in [-0.15, -0.1) is 10.2 Å². The molecule has 2 heterocycles. The van der Waals surface area contributed by atoms with E-state index in [1.54, 1.807) is 13.1 Å². The summed E-state index contributed by atoms with van der Waals surface area (Å²) in [5.41, 5.74) is 1.93.